The van der Waals surface area contributed by atoms with E-state index < -0.39 is 80.3 Å². The van der Waals surface area contributed by atoms with Gasteiger partial charge in [0.25, 0.3) is 0 Å². The van der Waals surface area contributed by atoms with Crippen LogP contribution in [0.5, 0.6) is 5.75 Å². The number of phenols is 1. The fourth-order valence-electron chi connectivity index (χ4n) is 7.78. The van der Waals surface area contributed by atoms with Crippen LogP contribution in [-0.4, -0.2) is 54.6 Å². The van der Waals surface area contributed by atoms with Crippen LogP contribution in [0.25, 0.3) is 0 Å². The Bertz CT molecular complexity index is 1690. The maximum Gasteiger partial charge on any atom is 0.209 e. The Hall–Kier alpha value is -4.19. The minimum atomic E-state index is -2.92. The molecule has 0 aromatic heterocycles. The van der Waals surface area contributed by atoms with E-state index in [-0.39, 0.29) is 11.3 Å². The number of carbonyl (C=O) groups is 3. The third kappa shape index (κ3) is 3.41. The molecule has 0 heterocycles. The molecule has 8 nitrogen and oxygen atoms in total. The molecule has 0 amide bonds. The lowest BCUT2D eigenvalue weighted by Crippen LogP contribution is -2.73. The third-order valence-electron chi connectivity index (χ3n) is 9.93. The molecule has 8 heteroatoms. The first-order valence-electron chi connectivity index (χ1n) is 13.9. The first-order valence-corrected chi connectivity index (χ1v) is 13.9. The van der Waals surface area contributed by atoms with Gasteiger partial charge in [-0.15, -0.1) is 0 Å². The highest BCUT2D eigenvalue weighted by molar-refractivity contribution is 6.25. The highest BCUT2D eigenvalue weighted by atomic mass is 16.4. The number of fused-ring (bicyclic) bond motifs is 3. The standard InChI is InChI=1S/C34H34O8/c1-16(2)25-27(37)23(18(4)35)29(39)34(42)30(40)26-28(38)24-21(36)15-14-20(13-12-19-10-8-7-9-11-19)22(24)17(3)32(26,5)31(41)33(25,34)6/h7-11,14-17,25,31,36-37,40-42H,1-6H3/t17-,25?,31-,32+,33+,34+/m1/s1. The van der Waals surface area contributed by atoms with Gasteiger partial charge in [-0.3, -0.25) is 14.4 Å². The summed E-state index contributed by atoms with van der Waals surface area (Å²) < 4.78 is 0. The van der Waals surface area contributed by atoms with Gasteiger partial charge in [0, 0.05) is 27.9 Å². The molecule has 0 radical (unpaired) electrons. The Morgan fingerprint density at radius 2 is 1.60 bits per heavy atom. The molecular formula is C34H34O8. The van der Waals surface area contributed by atoms with E-state index in [1.54, 1.807) is 33.8 Å². The molecule has 0 fully saturated rings. The van der Waals surface area contributed by atoms with Gasteiger partial charge >= 0.3 is 0 Å². The molecule has 0 bridgehead atoms. The largest absolute Gasteiger partial charge is 0.511 e. The number of Topliss-reactive ketones (excluding diaryl/α,β-unsaturated/α-hetero) is 3. The monoisotopic (exact) mass is 570 g/mol. The van der Waals surface area contributed by atoms with E-state index >= 15 is 0 Å². The van der Waals surface area contributed by atoms with Crippen molar-refractivity contribution >= 4 is 17.3 Å². The van der Waals surface area contributed by atoms with Gasteiger partial charge in [0.15, 0.2) is 17.2 Å². The summed E-state index contributed by atoms with van der Waals surface area (Å²) in [7, 11) is 0. The van der Waals surface area contributed by atoms with E-state index in [4.69, 9.17) is 0 Å². The molecule has 0 saturated heterocycles. The first kappa shape index (κ1) is 29.3. The minimum absolute atomic E-state index is 0.158. The number of phenolic OH excluding ortho intramolecular Hbond substituents is 1. The van der Waals surface area contributed by atoms with Crippen molar-refractivity contribution in [2.24, 2.45) is 22.7 Å². The van der Waals surface area contributed by atoms with Crippen LogP contribution >= 0.6 is 0 Å². The topological polar surface area (TPSA) is 152 Å². The lowest BCUT2D eigenvalue weighted by atomic mass is 9.41. The molecule has 6 atom stereocenters. The Labute approximate surface area is 244 Å². The van der Waals surface area contributed by atoms with E-state index in [9.17, 15) is 39.9 Å². The van der Waals surface area contributed by atoms with E-state index in [1.807, 2.05) is 30.3 Å². The molecule has 1 unspecified atom stereocenters. The molecule has 2 aromatic rings. The summed E-state index contributed by atoms with van der Waals surface area (Å²) in [5.74, 6) is -1.28. The molecular weight excluding hydrogens is 536 g/mol. The number of benzene rings is 2. The maximum atomic E-state index is 14.2. The minimum Gasteiger partial charge on any atom is -0.511 e. The summed E-state index contributed by atoms with van der Waals surface area (Å²) in [6, 6.07) is 12.1. The SMILES string of the molecule is CC(=O)C1=C(O)C(C(C)C)[C@@]2(C)[C@H](O)[C@]3(C)C(=C(O)[C@@]2(O)C1=O)C(=O)c1c(O)ccc(C#Cc2ccccc2)c1[C@H]3C. The van der Waals surface area contributed by atoms with Crippen molar-refractivity contribution in [3.63, 3.8) is 0 Å². The Kier molecular flexibility index (Phi) is 6.57. The van der Waals surface area contributed by atoms with Gasteiger partial charge in [0.05, 0.1) is 17.2 Å². The highest BCUT2D eigenvalue weighted by Gasteiger charge is 2.76. The summed E-state index contributed by atoms with van der Waals surface area (Å²) in [4.78, 5) is 40.6. The van der Waals surface area contributed by atoms with Gasteiger partial charge in [-0.05, 0) is 48.6 Å². The molecule has 42 heavy (non-hydrogen) atoms. The number of aliphatic hydroxyl groups is 4. The molecule has 0 spiro atoms. The number of aromatic hydroxyl groups is 1. The molecule has 3 aliphatic carbocycles. The van der Waals surface area contributed by atoms with Crippen molar-refractivity contribution in [3.05, 3.63) is 87.4 Å². The third-order valence-corrected chi connectivity index (χ3v) is 9.93. The quantitative estimate of drug-likeness (QED) is 0.265. The predicted octanol–water partition coefficient (Wildman–Crippen LogP) is 4.28. The number of hydrogen-bond donors (Lipinski definition) is 5. The van der Waals surface area contributed by atoms with Gasteiger partial charge in [-0.2, -0.15) is 0 Å². The van der Waals surface area contributed by atoms with Crippen molar-refractivity contribution in [2.45, 2.75) is 59.2 Å². The number of rotatable bonds is 2. The van der Waals surface area contributed by atoms with Crippen molar-refractivity contribution in [1.82, 2.24) is 0 Å². The van der Waals surface area contributed by atoms with Gasteiger partial charge in [0.1, 0.15) is 22.8 Å². The molecule has 5 rings (SSSR count). The fourth-order valence-corrected chi connectivity index (χ4v) is 7.78. The number of carbonyl (C=O) groups excluding carboxylic acids is 3. The second-order valence-electron chi connectivity index (χ2n) is 12.4. The maximum absolute atomic E-state index is 14.2. The van der Waals surface area contributed by atoms with Crippen LogP contribution in [0.3, 0.4) is 0 Å². The van der Waals surface area contributed by atoms with Crippen LogP contribution in [0.15, 0.2) is 65.1 Å². The first-order chi connectivity index (χ1) is 19.6. The number of hydrogen-bond acceptors (Lipinski definition) is 8. The van der Waals surface area contributed by atoms with Gasteiger partial charge < -0.3 is 25.5 Å². The van der Waals surface area contributed by atoms with Crippen LogP contribution in [0.1, 0.15) is 74.5 Å². The number of ketones is 3. The molecule has 0 aliphatic heterocycles. The Balaban J connectivity index is 1.85. The highest BCUT2D eigenvalue weighted by Crippen LogP contribution is 2.67. The second kappa shape index (κ2) is 9.41. The number of allylic oxidation sites excluding steroid dienone is 1. The molecule has 3 aliphatic rings. The van der Waals surface area contributed by atoms with Crippen LogP contribution in [0, 0.1) is 34.5 Å². The summed E-state index contributed by atoms with van der Waals surface area (Å²) in [6.45, 7) is 9.12. The van der Waals surface area contributed by atoms with E-state index in [1.165, 1.54) is 13.0 Å². The van der Waals surface area contributed by atoms with E-state index in [0.29, 0.717) is 11.1 Å². The smallest absolute Gasteiger partial charge is 0.209 e. The van der Waals surface area contributed by atoms with Crippen LogP contribution in [-0.2, 0) is 9.59 Å². The normalized spacial score (nSPS) is 32.2. The summed E-state index contributed by atoms with van der Waals surface area (Å²) in [5, 5.41) is 58.5. The van der Waals surface area contributed by atoms with Crippen LogP contribution < -0.4 is 0 Å². The van der Waals surface area contributed by atoms with Crippen LogP contribution in [0.2, 0.25) is 0 Å². The van der Waals surface area contributed by atoms with Gasteiger partial charge in [-0.1, -0.05) is 64.7 Å². The lowest BCUT2D eigenvalue weighted by molar-refractivity contribution is -0.211. The zero-order valence-corrected chi connectivity index (χ0v) is 24.3. The predicted molar refractivity (Wildman–Crippen MR) is 154 cm³/mol. The Morgan fingerprint density at radius 1 is 0.976 bits per heavy atom. The molecule has 218 valence electrons. The summed E-state index contributed by atoms with van der Waals surface area (Å²) >= 11 is 0. The van der Waals surface area contributed by atoms with Crippen molar-refractivity contribution in [3.8, 4) is 17.6 Å². The van der Waals surface area contributed by atoms with Crippen molar-refractivity contribution in [1.29, 1.82) is 0 Å². The van der Waals surface area contributed by atoms with Gasteiger partial charge in [0.2, 0.25) is 5.78 Å². The molecule has 5 N–H and O–H groups in total. The van der Waals surface area contributed by atoms with E-state index in [2.05, 4.69) is 11.8 Å². The zero-order chi connectivity index (χ0) is 31.1. The van der Waals surface area contributed by atoms with Crippen LogP contribution in [0.4, 0.5) is 0 Å². The second-order valence-corrected chi connectivity index (χ2v) is 12.4. The van der Waals surface area contributed by atoms with Gasteiger partial charge in [-0.25, -0.2) is 0 Å². The van der Waals surface area contributed by atoms with Crippen molar-refractivity contribution < 1.29 is 39.9 Å². The molecule has 0 saturated carbocycles. The average Bonchev–Trinajstić information content (AvgIpc) is 2.93. The Morgan fingerprint density at radius 3 is 2.17 bits per heavy atom. The number of aliphatic hydroxyl groups excluding tert-OH is 3. The average molecular weight is 571 g/mol. The lowest BCUT2D eigenvalue weighted by Gasteiger charge is -2.63. The zero-order valence-electron chi connectivity index (χ0n) is 24.3. The van der Waals surface area contributed by atoms with Crippen molar-refractivity contribution in [2.75, 3.05) is 0 Å². The van der Waals surface area contributed by atoms with E-state index in [0.717, 1.165) is 12.5 Å². The summed E-state index contributed by atoms with van der Waals surface area (Å²) in [5.41, 5.74) is -6.29. The molecule has 2 aromatic carbocycles. The fraction of sp³-hybridized carbons (Fsp3) is 0.382. The summed E-state index contributed by atoms with van der Waals surface area (Å²) in [6.07, 6.45) is -1.70.